The van der Waals surface area contributed by atoms with Crippen LogP contribution in [0.3, 0.4) is 0 Å². The van der Waals surface area contributed by atoms with Crippen LogP contribution >= 0.6 is 0 Å². The van der Waals surface area contributed by atoms with Crippen molar-refractivity contribution < 1.29 is 9.55 Å². The molecule has 1 aromatic carbocycles. The summed E-state index contributed by atoms with van der Waals surface area (Å²) in [5.74, 6) is 0.338. The van der Waals surface area contributed by atoms with Gasteiger partial charge in [0.25, 0.3) is 0 Å². The first kappa shape index (κ1) is 10.9. The van der Waals surface area contributed by atoms with Gasteiger partial charge in [0, 0.05) is 6.07 Å². The Morgan fingerprint density at radius 3 is 2.83 bits per heavy atom. The maximum Gasteiger partial charge on any atom is 0.300 e. The van der Waals surface area contributed by atoms with Gasteiger partial charge in [-0.2, -0.15) is 0 Å². The number of nitrogens with zero attached hydrogens (tertiary/aromatic N) is 3. The van der Waals surface area contributed by atoms with Gasteiger partial charge in [-0.1, -0.05) is 12.2 Å². The molecule has 1 aromatic heterocycles. The summed E-state index contributed by atoms with van der Waals surface area (Å²) in [6, 6.07) is 3.26. The van der Waals surface area contributed by atoms with Crippen molar-refractivity contribution in [2.45, 2.75) is 25.2 Å². The van der Waals surface area contributed by atoms with Gasteiger partial charge in [-0.15, -0.1) is 0 Å². The zero-order valence-electron chi connectivity index (χ0n) is 9.57. The Labute approximate surface area is 102 Å². The lowest BCUT2D eigenvalue weighted by molar-refractivity contribution is -0.383. The molecule has 0 spiro atoms. The molecule has 1 aliphatic rings. The molecular formula is C12H11N3O3. The van der Waals surface area contributed by atoms with Gasteiger partial charge in [0.1, 0.15) is 5.52 Å². The molecule has 2 aromatic rings. The van der Waals surface area contributed by atoms with Crippen molar-refractivity contribution in [2.24, 2.45) is 0 Å². The number of benzene rings is 1. The molecule has 0 saturated carbocycles. The Bertz CT molecular complexity index is 633. The first-order chi connectivity index (χ1) is 8.77. The van der Waals surface area contributed by atoms with E-state index in [4.69, 9.17) is 0 Å². The second-order valence-corrected chi connectivity index (χ2v) is 4.37. The van der Waals surface area contributed by atoms with Crippen LogP contribution in [-0.4, -0.2) is 15.2 Å². The van der Waals surface area contributed by atoms with Crippen LogP contribution in [0.15, 0.2) is 28.9 Å². The van der Waals surface area contributed by atoms with E-state index in [0.717, 1.165) is 24.8 Å². The Kier molecular flexibility index (Phi) is 2.55. The smallest absolute Gasteiger partial charge is 0.258 e. The Balaban J connectivity index is 2.14. The fourth-order valence-electron chi connectivity index (χ4n) is 2.43. The van der Waals surface area contributed by atoms with Crippen LogP contribution < -0.4 is 0 Å². The minimum atomic E-state index is -0.461. The molecule has 0 N–H and O–H groups in total. The molecule has 1 heterocycles. The molecule has 0 saturated heterocycles. The van der Waals surface area contributed by atoms with E-state index < -0.39 is 4.92 Å². The predicted octanol–water partition coefficient (Wildman–Crippen LogP) is 2.95. The number of nitro groups is 1. The summed E-state index contributed by atoms with van der Waals surface area (Å²) in [6.45, 7) is 0. The largest absolute Gasteiger partial charge is 0.300 e. The monoisotopic (exact) mass is 245 g/mol. The third kappa shape index (κ3) is 1.66. The molecule has 0 bridgehead atoms. The molecule has 6 heteroatoms. The molecule has 0 radical (unpaired) electrons. The molecule has 0 amide bonds. The lowest BCUT2D eigenvalue weighted by Crippen LogP contribution is -2.02. The van der Waals surface area contributed by atoms with Gasteiger partial charge in [-0.3, -0.25) is 10.1 Å². The maximum absolute atomic E-state index is 10.9. The number of non-ortho nitro benzene ring substituents is 1. The number of allylic oxidation sites excluding steroid dienone is 2. The zero-order chi connectivity index (χ0) is 12.5. The van der Waals surface area contributed by atoms with Crippen LogP contribution in [0.1, 0.15) is 30.7 Å². The van der Waals surface area contributed by atoms with Gasteiger partial charge in [0.2, 0.25) is 5.52 Å². The minimum absolute atomic E-state index is 0.0543. The molecule has 1 aliphatic carbocycles. The lowest BCUT2D eigenvalue weighted by atomic mass is 9.87. The third-order valence-electron chi connectivity index (χ3n) is 3.33. The quantitative estimate of drug-likeness (QED) is 0.461. The van der Waals surface area contributed by atoms with Crippen molar-refractivity contribution in [3.63, 3.8) is 0 Å². The van der Waals surface area contributed by atoms with Gasteiger partial charge in [0.05, 0.1) is 4.92 Å². The van der Waals surface area contributed by atoms with E-state index in [1.165, 1.54) is 6.07 Å². The number of nitro benzene ring substituents is 1. The van der Waals surface area contributed by atoms with E-state index in [0.29, 0.717) is 11.4 Å². The van der Waals surface area contributed by atoms with E-state index >= 15 is 0 Å². The zero-order valence-corrected chi connectivity index (χ0v) is 9.57. The summed E-state index contributed by atoms with van der Waals surface area (Å²) < 4.78 is 4.66. The first-order valence-electron chi connectivity index (χ1n) is 5.82. The summed E-state index contributed by atoms with van der Waals surface area (Å²) in [4.78, 5) is 10.4. The highest BCUT2D eigenvalue weighted by atomic mass is 16.6. The van der Waals surface area contributed by atoms with E-state index in [9.17, 15) is 10.1 Å². The Hall–Kier alpha value is -2.24. The van der Waals surface area contributed by atoms with Gasteiger partial charge in [-0.05, 0) is 47.1 Å². The highest BCUT2D eigenvalue weighted by Gasteiger charge is 2.23. The molecule has 18 heavy (non-hydrogen) atoms. The van der Waals surface area contributed by atoms with Gasteiger partial charge in [-0.25, -0.2) is 4.63 Å². The summed E-state index contributed by atoms with van der Waals surface area (Å²) in [5.41, 5.74) is 1.69. The van der Waals surface area contributed by atoms with E-state index in [-0.39, 0.29) is 11.2 Å². The molecule has 6 nitrogen and oxygen atoms in total. The van der Waals surface area contributed by atoms with E-state index in [1.54, 1.807) is 6.07 Å². The molecule has 1 unspecified atom stereocenters. The fourth-order valence-corrected chi connectivity index (χ4v) is 2.43. The number of rotatable bonds is 2. The van der Waals surface area contributed by atoms with Gasteiger partial charge in [0.15, 0.2) is 0 Å². The molecular weight excluding hydrogens is 234 g/mol. The van der Waals surface area contributed by atoms with Crippen LogP contribution in [-0.2, 0) is 0 Å². The van der Waals surface area contributed by atoms with Crippen LogP contribution in [0.2, 0.25) is 0 Å². The lowest BCUT2D eigenvalue weighted by Gasteiger charge is -2.17. The highest BCUT2D eigenvalue weighted by molar-refractivity contribution is 5.86. The standard InChI is InChI=1S/C12H11N3O3/c16-15(17)10-7-6-9(8-4-2-1-3-5-8)11-12(10)14-18-13-11/h1-2,6-8H,3-5H2. The maximum atomic E-state index is 10.9. The summed E-state index contributed by atoms with van der Waals surface area (Å²) in [6.07, 6.45) is 7.26. The molecule has 1 atom stereocenters. The van der Waals surface area contributed by atoms with Crippen LogP contribution in [0.5, 0.6) is 0 Å². The Morgan fingerprint density at radius 2 is 2.11 bits per heavy atom. The number of aromatic nitrogens is 2. The average Bonchev–Trinajstić information content (AvgIpc) is 2.87. The van der Waals surface area contributed by atoms with Crippen LogP contribution in [0.4, 0.5) is 5.69 Å². The number of hydrogen-bond acceptors (Lipinski definition) is 5. The highest BCUT2D eigenvalue weighted by Crippen LogP contribution is 2.35. The van der Waals surface area contributed by atoms with Crippen molar-refractivity contribution >= 4 is 16.7 Å². The van der Waals surface area contributed by atoms with Crippen LogP contribution in [0, 0.1) is 10.1 Å². The molecule has 0 aliphatic heterocycles. The number of fused-ring (bicyclic) bond motifs is 1. The fraction of sp³-hybridized carbons (Fsp3) is 0.333. The van der Waals surface area contributed by atoms with Crippen LogP contribution in [0.25, 0.3) is 11.0 Å². The van der Waals surface area contributed by atoms with Gasteiger partial charge < -0.3 is 0 Å². The molecule has 3 rings (SSSR count). The summed E-state index contributed by atoms with van der Waals surface area (Å²) >= 11 is 0. The predicted molar refractivity (Wildman–Crippen MR) is 64.2 cm³/mol. The van der Waals surface area contributed by atoms with Crippen molar-refractivity contribution in [1.29, 1.82) is 0 Å². The van der Waals surface area contributed by atoms with Gasteiger partial charge >= 0.3 is 5.69 Å². The number of hydrogen-bond donors (Lipinski definition) is 0. The van der Waals surface area contributed by atoms with Crippen molar-refractivity contribution in [1.82, 2.24) is 10.3 Å². The van der Waals surface area contributed by atoms with E-state index in [2.05, 4.69) is 27.1 Å². The molecule has 92 valence electrons. The second kappa shape index (κ2) is 4.21. The minimum Gasteiger partial charge on any atom is -0.258 e. The first-order valence-corrected chi connectivity index (χ1v) is 5.82. The molecule has 0 fully saturated rings. The van der Waals surface area contributed by atoms with Crippen molar-refractivity contribution in [3.05, 3.63) is 40.0 Å². The normalized spacial score (nSPS) is 19.2. The summed E-state index contributed by atoms with van der Waals surface area (Å²) in [7, 11) is 0. The average molecular weight is 245 g/mol. The third-order valence-corrected chi connectivity index (χ3v) is 3.33. The second-order valence-electron chi connectivity index (χ2n) is 4.37. The SMILES string of the molecule is O=[N+]([O-])c1ccc(C2CC=CCC2)c2nonc12. The van der Waals surface area contributed by atoms with Crippen molar-refractivity contribution in [3.8, 4) is 0 Å². The van der Waals surface area contributed by atoms with E-state index in [1.807, 2.05) is 0 Å². The Morgan fingerprint density at radius 1 is 1.28 bits per heavy atom. The topological polar surface area (TPSA) is 82.1 Å². The summed E-state index contributed by atoms with van der Waals surface area (Å²) in [5, 5.41) is 18.4. The van der Waals surface area contributed by atoms with Crippen molar-refractivity contribution in [2.75, 3.05) is 0 Å².